The molecule has 7 nitrogen and oxygen atoms in total. The fraction of sp³-hybridized carbons (Fsp3) is 0.333. The third-order valence-electron chi connectivity index (χ3n) is 4.93. The van der Waals surface area contributed by atoms with E-state index < -0.39 is 0 Å². The van der Waals surface area contributed by atoms with Gasteiger partial charge in [-0.25, -0.2) is 4.68 Å². The summed E-state index contributed by atoms with van der Waals surface area (Å²) in [5.74, 6) is 1.96. The first kappa shape index (κ1) is 22.1. The molecule has 0 amide bonds. The second-order valence-electron chi connectivity index (χ2n) is 6.97. The molecule has 0 radical (unpaired) electrons. The number of nitrogens with zero attached hydrogens (tertiary/aromatic N) is 4. The maximum absolute atomic E-state index is 6.26. The van der Waals surface area contributed by atoms with Gasteiger partial charge in [0.1, 0.15) is 18.1 Å². The smallest absolute Gasteiger partial charge is 0.203 e. The minimum atomic E-state index is 0.188. The summed E-state index contributed by atoms with van der Waals surface area (Å²) in [6, 6.07) is 12.8. The van der Waals surface area contributed by atoms with Crippen molar-refractivity contribution in [1.29, 1.82) is 0 Å². The number of ether oxygens (including phenoxy) is 3. The Bertz CT molecular complexity index is 1090. The van der Waals surface area contributed by atoms with Gasteiger partial charge in [0.05, 0.1) is 37.7 Å². The molecule has 1 aliphatic heterocycles. The topological polar surface area (TPSA) is 53.7 Å². The highest BCUT2D eigenvalue weighted by molar-refractivity contribution is 7.71. The molecule has 31 heavy (non-hydrogen) atoms. The van der Waals surface area contributed by atoms with Crippen molar-refractivity contribution in [2.45, 2.75) is 13.3 Å². The number of aromatic nitrogens is 3. The summed E-state index contributed by atoms with van der Waals surface area (Å²) in [4.78, 5) is 2.26. The molecule has 1 aromatic heterocycles. The molecule has 0 spiro atoms. The van der Waals surface area contributed by atoms with E-state index in [1.54, 1.807) is 25.3 Å². The van der Waals surface area contributed by atoms with E-state index in [-0.39, 0.29) is 6.61 Å². The molecule has 0 bridgehead atoms. The standard InChI is InChI=1S/C21H22Cl2N4O3S/c1-28-17-5-3-16(4-6-17)27-20(13-30-19-7-2-15(22)12-18(19)23)24-26(21(27)31)14-25-8-10-29-11-9-25/h2-7,12H,8-11,13-14H2,1H3. The van der Waals surface area contributed by atoms with E-state index in [9.17, 15) is 0 Å². The molecule has 3 aromatic rings. The minimum absolute atomic E-state index is 0.188. The molecular formula is C21H22Cl2N4O3S. The highest BCUT2D eigenvalue weighted by Crippen LogP contribution is 2.28. The number of hydrogen-bond acceptors (Lipinski definition) is 6. The van der Waals surface area contributed by atoms with Gasteiger partial charge in [0.2, 0.25) is 4.77 Å². The molecule has 1 aliphatic rings. The van der Waals surface area contributed by atoms with Gasteiger partial charge in [0.25, 0.3) is 0 Å². The van der Waals surface area contributed by atoms with Crippen molar-refractivity contribution in [3.8, 4) is 17.2 Å². The normalized spacial score (nSPS) is 14.5. The lowest BCUT2D eigenvalue weighted by molar-refractivity contribution is 0.0209. The Morgan fingerprint density at radius 3 is 2.52 bits per heavy atom. The predicted molar refractivity (Wildman–Crippen MR) is 122 cm³/mol. The van der Waals surface area contributed by atoms with Crippen molar-refractivity contribution >= 4 is 35.4 Å². The summed E-state index contributed by atoms with van der Waals surface area (Å²) >= 11 is 18.0. The Kier molecular flexibility index (Phi) is 7.14. The molecular weight excluding hydrogens is 459 g/mol. The Balaban J connectivity index is 1.65. The second kappa shape index (κ2) is 10.0. The van der Waals surface area contributed by atoms with Crippen LogP contribution in [0.5, 0.6) is 11.5 Å². The Morgan fingerprint density at radius 2 is 1.84 bits per heavy atom. The van der Waals surface area contributed by atoms with Crippen molar-refractivity contribution in [1.82, 2.24) is 19.2 Å². The average Bonchev–Trinajstić information content (AvgIpc) is 3.09. The van der Waals surface area contributed by atoms with Crippen LogP contribution in [-0.4, -0.2) is 52.7 Å². The number of morpholine rings is 1. The summed E-state index contributed by atoms with van der Waals surface area (Å²) in [7, 11) is 1.64. The average molecular weight is 481 g/mol. The van der Waals surface area contributed by atoms with E-state index in [0.717, 1.165) is 24.5 Å². The lowest BCUT2D eigenvalue weighted by atomic mass is 10.3. The zero-order chi connectivity index (χ0) is 21.8. The SMILES string of the molecule is COc1ccc(-n2c(COc3ccc(Cl)cc3Cl)nn(CN3CCOCC3)c2=S)cc1. The van der Waals surface area contributed by atoms with E-state index in [1.165, 1.54) is 0 Å². The van der Waals surface area contributed by atoms with E-state index >= 15 is 0 Å². The number of benzene rings is 2. The molecule has 164 valence electrons. The molecule has 2 aromatic carbocycles. The van der Waals surface area contributed by atoms with Crippen LogP contribution >= 0.6 is 35.4 Å². The summed E-state index contributed by atoms with van der Waals surface area (Å²) in [6.07, 6.45) is 0. The molecule has 4 rings (SSSR count). The van der Waals surface area contributed by atoms with E-state index in [2.05, 4.69) is 4.90 Å². The van der Waals surface area contributed by atoms with Crippen molar-refractivity contribution in [2.24, 2.45) is 0 Å². The summed E-state index contributed by atoms with van der Waals surface area (Å²) < 4.78 is 21.0. The molecule has 10 heteroatoms. The summed E-state index contributed by atoms with van der Waals surface area (Å²) in [5.41, 5.74) is 0.875. The van der Waals surface area contributed by atoms with Crippen LogP contribution in [0, 0.1) is 4.77 Å². The lowest BCUT2D eigenvalue weighted by Crippen LogP contribution is -2.37. The van der Waals surface area contributed by atoms with Gasteiger partial charge >= 0.3 is 0 Å². The third kappa shape index (κ3) is 5.22. The van der Waals surface area contributed by atoms with Crippen molar-refractivity contribution < 1.29 is 14.2 Å². The number of hydrogen-bond donors (Lipinski definition) is 0. The van der Waals surface area contributed by atoms with Crippen LogP contribution < -0.4 is 9.47 Å². The van der Waals surface area contributed by atoms with Crippen LogP contribution in [-0.2, 0) is 18.0 Å². The van der Waals surface area contributed by atoms with Crippen molar-refractivity contribution in [2.75, 3.05) is 33.4 Å². The van der Waals surface area contributed by atoms with Crippen LogP contribution in [0.25, 0.3) is 5.69 Å². The van der Waals surface area contributed by atoms with E-state index in [1.807, 2.05) is 33.5 Å². The van der Waals surface area contributed by atoms with Crippen molar-refractivity contribution in [3.63, 3.8) is 0 Å². The third-order valence-corrected chi connectivity index (χ3v) is 5.85. The Hall–Kier alpha value is -2.10. The molecule has 0 saturated carbocycles. The number of rotatable bonds is 7. The maximum Gasteiger partial charge on any atom is 0.203 e. The van der Waals surface area contributed by atoms with Gasteiger partial charge in [-0.2, -0.15) is 5.10 Å². The van der Waals surface area contributed by atoms with Crippen molar-refractivity contribution in [3.05, 3.63) is 63.1 Å². The highest BCUT2D eigenvalue weighted by atomic mass is 35.5. The fourth-order valence-corrected chi connectivity index (χ4v) is 4.07. The van der Waals surface area contributed by atoms with Gasteiger partial charge in [-0.05, 0) is 54.7 Å². The first-order valence-corrected chi connectivity index (χ1v) is 10.9. The zero-order valence-electron chi connectivity index (χ0n) is 17.0. The maximum atomic E-state index is 6.26. The largest absolute Gasteiger partial charge is 0.497 e. The first-order chi connectivity index (χ1) is 15.0. The van der Waals surface area contributed by atoms with E-state index in [4.69, 9.17) is 54.7 Å². The number of halogens is 2. The molecule has 1 saturated heterocycles. The first-order valence-electron chi connectivity index (χ1n) is 9.76. The summed E-state index contributed by atoms with van der Waals surface area (Å²) in [5, 5.41) is 5.74. The summed E-state index contributed by atoms with van der Waals surface area (Å²) in [6.45, 7) is 3.86. The monoisotopic (exact) mass is 480 g/mol. The Morgan fingerprint density at radius 1 is 1.10 bits per heavy atom. The van der Waals surface area contributed by atoms with Gasteiger partial charge in [0, 0.05) is 18.1 Å². The molecule has 0 atom stereocenters. The zero-order valence-corrected chi connectivity index (χ0v) is 19.3. The molecule has 0 unspecified atom stereocenters. The van der Waals surface area contributed by atoms with Gasteiger partial charge < -0.3 is 14.2 Å². The van der Waals surface area contributed by atoms with Crippen LogP contribution in [0.1, 0.15) is 5.82 Å². The van der Waals surface area contributed by atoms with Crippen LogP contribution in [0.3, 0.4) is 0 Å². The highest BCUT2D eigenvalue weighted by Gasteiger charge is 2.17. The van der Waals surface area contributed by atoms with Gasteiger partial charge in [0.15, 0.2) is 5.82 Å². The van der Waals surface area contributed by atoms with Gasteiger partial charge in [-0.1, -0.05) is 23.2 Å². The minimum Gasteiger partial charge on any atom is -0.497 e. The van der Waals surface area contributed by atoms with Crippen LogP contribution in [0.15, 0.2) is 42.5 Å². The second-order valence-corrected chi connectivity index (χ2v) is 8.18. The molecule has 2 heterocycles. The van der Waals surface area contributed by atoms with E-state index in [0.29, 0.717) is 46.3 Å². The number of methoxy groups -OCH3 is 1. The quantitative estimate of drug-likeness (QED) is 0.461. The molecule has 1 fully saturated rings. The van der Waals surface area contributed by atoms with Gasteiger partial charge in [-0.3, -0.25) is 9.47 Å². The lowest BCUT2D eigenvalue weighted by Gasteiger charge is -2.26. The van der Waals surface area contributed by atoms with Crippen LogP contribution in [0.4, 0.5) is 0 Å². The molecule has 0 aliphatic carbocycles. The Labute approximate surface area is 195 Å². The predicted octanol–water partition coefficient (Wildman–Crippen LogP) is 4.59. The van der Waals surface area contributed by atoms with Crippen LogP contribution in [0.2, 0.25) is 10.0 Å². The molecule has 0 N–H and O–H groups in total. The van der Waals surface area contributed by atoms with Gasteiger partial charge in [-0.15, -0.1) is 0 Å². The fourth-order valence-electron chi connectivity index (χ4n) is 3.30.